The maximum Gasteiger partial charge on any atom is 0.241 e. The molecule has 6 heteroatoms. The van der Waals surface area contributed by atoms with Crippen molar-refractivity contribution in [2.24, 2.45) is 0 Å². The summed E-state index contributed by atoms with van der Waals surface area (Å²) in [6.45, 7) is 4.88. The highest BCUT2D eigenvalue weighted by Gasteiger charge is 2.26. The number of amides is 1. The highest BCUT2D eigenvalue weighted by Crippen LogP contribution is 2.31. The van der Waals surface area contributed by atoms with E-state index < -0.39 is 0 Å². The van der Waals surface area contributed by atoms with Crippen molar-refractivity contribution in [3.63, 3.8) is 0 Å². The topological polar surface area (TPSA) is 60.0 Å². The van der Waals surface area contributed by atoms with Crippen LogP contribution >= 0.6 is 0 Å². The van der Waals surface area contributed by atoms with Crippen LogP contribution in [0.25, 0.3) is 0 Å². The average Bonchev–Trinajstić information content (AvgIpc) is 2.67. The first-order valence-electron chi connectivity index (χ1n) is 9.02. The molecule has 6 nitrogen and oxygen atoms in total. The fraction of sp³-hybridized carbons (Fsp3) is 0.381. The number of carbonyl (C=O) groups is 1. The number of ether oxygens (including phenoxy) is 3. The molecule has 1 amide bonds. The van der Waals surface area contributed by atoms with E-state index in [4.69, 9.17) is 14.2 Å². The van der Waals surface area contributed by atoms with Gasteiger partial charge in [-0.3, -0.25) is 9.69 Å². The number of methoxy groups -OCH3 is 1. The average molecular weight is 370 g/mol. The summed E-state index contributed by atoms with van der Waals surface area (Å²) in [5.41, 5.74) is 1.73. The number of nitrogens with zero attached hydrogens (tertiary/aromatic N) is 1. The Morgan fingerprint density at radius 1 is 1.30 bits per heavy atom. The molecule has 144 valence electrons. The molecule has 1 aliphatic rings. The minimum Gasteiger partial charge on any atom is -0.495 e. The summed E-state index contributed by atoms with van der Waals surface area (Å²) in [6.07, 6.45) is -0.131. The zero-order valence-electron chi connectivity index (χ0n) is 16.2. The lowest BCUT2D eigenvalue weighted by Gasteiger charge is -2.31. The molecule has 0 aromatic heterocycles. The van der Waals surface area contributed by atoms with E-state index in [0.717, 1.165) is 17.1 Å². The second-order valence-corrected chi connectivity index (χ2v) is 6.81. The Hall–Kier alpha value is -2.73. The Bertz CT molecular complexity index is 809. The molecule has 0 spiro atoms. The van der Waals surface area contributed by atoms with Gasteiger partial charge in [0, 0.05) is 6.54 Å². The number of benzene rings is 2. The highest BCUT2D eigenvalue weighted by atomic mass is 16.6. The fourth-order valence-corrected chi connectivity index (χ4v) is 2.99. The molecule has 1 aliphatic heterocycles. The predicted molar refractivity (Wildman–Crippen MR) is 105 cm³/mol. The number of fused-ring (bicyclic) bond motifs is 1. The van der Waals surface area contributed by atoms with Crippen molar-refractivity contribution in [2.45, 2.75) is 26.0 Å². The van der Waals surface area contributed by atoms with Crippen molar-refractivity contribution in [1.29, 1.82) is 0 Å². The summed E-state index contributed by atoms with van der Waals surface area (Å²) in [6, 6.07) is 13.0. The molecule has 1 N–H and O–H groups in total. The van der Waals surface area contributed by atoms with Crippen LogP contribution in [0.3, 0.4) is 0 Å². The molecular formula is C21H26N2O4. The molecule has 0 bridgehead atoms. The third-order valence-electron chi connectivity index (χ3n) is 4.71. The van der Waals surface area contributed by atoms with E-state index in [1.54, 1.807) is 7.11 Å². The third kappa shape index (κ3) is 4.52. The van der Waals surface area contributed by atoms with Gasteiger partial charge in [0.2, 0.25) is 5.91 Å². The Labute approximate surface area is 160 Å². The normalized spacial score (nSPS) is 16.7. The molecular weight excluding hydrogens is 344 g/mol. The molecule has 1 heterocycles. The van der Waals surface area contributed by atoms with Crippen LogP contribution in [-0.4, -0.2) is 50.3 Å². The number of hydrogen-bond acceptors (Lipinski definition) is 5. The standard InChI is InChI=1S/C21H26N2O4/c1-14-9-10-18(25-4)17(11-14)22-21(24)15(2)23(3)12-16-13-26-19-7-5-6-8-20(19)27-16/h5-11,15-16H,12-13H2,1-4H3,(H,22,24)/t15-,16-/m1/s1. The first-order chi connectivity index (χ1) is 13.0. The number of para-hydroxylation sites is 2. The summed E-state index contributed by atoms with van der Waals surface area (Å²) in [7, 11) is 3.50. The molecule has 0 radical (unpaired) electrons. The monoisotopic (exact) mass is 370 g/mol. The molecule has 27 heavy (non-hydrogen) atoms. The second kappa shape index (κ2) is 8.31. The minimum absolute atomic E-state index is 0.0986. The van der Waals surface area contributed by atoms with Gasteiger partial charge in [0.05, 0.1) is 18.8 Å². The number of rotatable bonds is 6. The SMILES string of the molecule is COc1ccc(C)cc1NC(=O)[C@@H](C)N(C)C[C@@H]1COc2ccccc2O1. The van der Waals surface area contributed by atoms with Crippen LogP contribution in [0.2, 0.25) is 0 Å². The molecule has 0 aliphatic carbocycles. The second-order valence-electron chi connectivity index (χ2n) is 6.81. The molecule has 0 unspecified atom stereocenters. The predicted octanol–water partition coefficient (Wildman–Crippen LogP) is 3.10. The van der Waals surface area contributed by atoms with Crippen molar-refractivity contribution in [3.8, 4) is 17.2 Å². The maximum absolute atomic E-state index is 12.7. The van der Waals surface area contributed by atoms with Crippen molar-refractivity contribution in [2.75, 3.05) is 32.6 Å². The van der Waals surface area contributed by atoms with E-state index in [2.05, 4.69) is 5.32 Å². The summed E-state index contributed by atoms with van der Waals surface area (Å²) < 4.78 is 17.1. The van der Waals surface area contributed by atoms with Gasteiger partial charge >= 0.3 is 0 Å². The Kier molecular flexibility index (Phi) is 5.86. The highest BCUT2D eigenvalue weighted by molar-refractivity contribution is 5.95. The van der Waals surface area contributed by atoms with Crippen molar-refractivity contribution >= 4 is 11.6 Å². The molecule has 2 atom stereocenters. The maximum atomic E-state index is 12.7. The number of anilines is 1. The van der Waals surface area contributed by atoms with Crippen molar-refractivity contribution in [3.05, 3.63) is 48.0 Å². The first-order valence-corrected chi connectivity index (χ1v) is 9.02. The third-order valence-corrected chi connectivity index (χ3v) is 4.71. The zero-order valence-corrected chi connectivity index (χ0v) is 16.2. The van der Waals surface area contributed by atoms with Gasteiger partial charge in [-0.15, -0.1) is 0 Å². The molecule has 2 aromatic rings. The summed E-state index contributed by atoms with van der Waals surface area (Å²) in [5.74, 6) is 2.04. The Morgan fingerprint density at radius 3 is 2.78 bits per heavy atom. The van der Waals surface area contributed by atoms with E-state index in [9.17, 15) is 4.79 Å². The number of nitrogens with one attached hydrogen (secondary N) is 1. The number of likely N-dealkylation sites (N-methyl/N-ethyl adjacent to an activating group) is 1. The fourth-order valence-electron chi connectivity index (χ4n) is 2.99. The zero-order chi connectivity index (χ0) is 19.4. The number of carbonyl (C=O) groups excluding carboxylic acids is 1. The summed E-state index contributed by atoms with van der Waals surface area (Å²) in [4.78, 5) is 14.7. The summed E-state index contributed by atoms with van der Waals surface area (Å²) >= 11 is 0. The van der Waals surface area contributed by atoms with Crippen molar-refractivity contribution < 1.29 is 19.0 Å². The van der Waals surface area contributed by atoms with Crippen LogP contribution < -0.4 is 19.5 Å². The van der Waals surface area contributed by atoms with E-state index in [1.165, 1.54) is 0 Å². The van der Waals surface area contributed by atoms with Crippen LogP contribution in [0.5, 0.6) is 17.2 Å². The van der Waals surface area contributed by atoms with Gasteiger partial charge in [0.25, 0.3) is 0 Å². The van der Waals surface area contributed by atoms with Gasteiger partial charge in [0.15, 0.2) is 11.5 Å². The lowest BCUT2D eigenvalue weighted by molar-refractivity contribution is -0.120. The van der Waals surface area contributed by atoms with Crippen LogP contribution in [-0.2, 0) is 4.79 Å². The van der Waals surface area contributed by atoms with Gasteiger partial charge < -0.3 is 19.5 Å². The first kappa shape index (κ1) is 19.0. The van der Waals surface area contributed by atoms with E-state index in [0.29, 0.717) is 24.6 Å². The van der Waals surface area contributed by atoms with Gasteiger partial charge in [-0.25, -0.2) is 0 Å². The largest absolute Gasteiger partial charge is 0.495 e. The molecule has 2 aromatic carbocycles. The van der Waals surface area contributed by atoms with Gasteiger partial charge in [-0.1, -0.05) is 18.2 Å². The van der Waals surface area contributed by atoms with Crippen LogP contribution in [0.15, 0.2) is 42.5 Å². The number of aryl methyl sites for hydroxylation is 1. The number of hydrogen-bond donors (Lipinski definition) is 1. The van der Waals surface area contributed by atoms with Crippen LogP contribution in [0.4, 0.5) is 5.69 Å². The quantitative estimate of drug-likeness (QED) is 0.847. The van der Waals surface area contributed by atoms with E-state index in [-0.39, 0.29) is 18.1 Å². The van der Waals surface area contributed by atoms with E-state index in [1.807, 2.05) is 68.3 Å². The molecule has 0 saturated carbocycles. The lowest BCUT2D eigenvalue weighted by Crippen LogP contribution is -2.46. The minimum atomic E-state index is -0.337. The van der Waals surface area contributed by atoms with Gasteiger partial charge in [-0.2, -0.15) is 0 Å². The van der Waals surface area contributed by atoms with E-state index >= 15 is 0 Å². The molecule has 3 rings (SSSR count). The molecule has 0 fully saturated rings. The molecule has 0 saturated heterocycles. The van der Waals surface area contributed by atoms with Crippen LogP contribution in [0.1, 0.15) is 12.5 Å². The smallest absolute Gasteiger partial charge is 0.241 e. The summed E-state index contributed by atoms with van der Waals surface area (Å²) in [5, 5.41) is 2.96. The van der Waals surface area contributed by atoms with Gasteiger partial charge in [0.1, 0.15) is 18.5 Å². The Morgan fingerprint density at radius 2 is 2.04 bits per heavy atom. The lowest BCUT2D eigenvalue weighted by atomic mass is 10.2. The van der Waals surface area contributed by atoms with Crippen molar-refractivity contribution in [1.82, 2.24) is 4.90 Å². The Balaban J connectivity index is 1.60. The van der Waals surface area contributed by atoms with Crippen LogP contribution in [0, 0.1) is 6.92 Å². The van der Waals surface area contributed by atoms with Gasteiger partial charge in [-0.05, 0) is 50.7 Å².